The zero-order chi connectivity index (χ0) is 40.3. The highest BCUT2D eigenvalue weighted by molar-refractivity contribution is 5.87. The average Bonchev–Trinajstić information content (AvgIpc) is 3.72. The van der Waals surface area contributed by atoms with Crippen LogP contribution in [0.5, 0.6) is 0 Å². The van der Waals surface area contributed by atoms with Crippen LogP contribution in [-0.2, 0) is 19.1 Å². The molecule has 16 nitrogen and oxygen atoms in total. The summed E-state index contributed by atoms with van der Waals surface area (Å²) >= 11 is 0. The van der Waals surface area contributed by atoms with Crippen molar-refractivity contribution in [1.82, 2.24) is 40.4 Å². The molecule has 6 atom stereocenters. The van der Waals surface area contributed by atoms with Gasteiger partial charge in [0.25, 0.3) is 0 Å². The minimum absolute atomic E-state index is 0.117. The number of nitrogens with one attached hydrogen (secondary N) is 4. The van der Waals surface area contributed by atoms with Crippen LogP contribution in [0.4, 0.5) is 9.59 Å². The van der Waals surface area contributed by atoms with E-state index in [0.717, 1.165) is 85.0 Å². The zero-order valence-corrected chi connectivity index (χ0v) is 33.2. The Balaban J connectivity index is 0.903. The molecule has 5 unspecified atom stereocenters. The van der Waals surface area contributed by atoms with E-state index in [1.165, 1.54) is 0 Å². The predicted molar refractivity (Wildman–Crippen MR) is 210 cm³/mol. The molecule has 58 heavy (non-hydrogen) atoms. The van der Waals surface area contributed by atoms with Crippen molar-refractivity contribution in [2.75, 3.05) is 26.3 Å². The van der Waals surface area contributed by atoms with Gasteiger partial charge < -0.3 is 50.1 Å². The molecule has 4 aliphatic heterocycles. The van der Waals surface area contributed by atoms with Gasteiger partial charge in [0.05, 0.1) is 47.1 Å². The van der Waals surface area contributed by atoms with E-state index in [9.17, 15) is 29.4 Å². The standard InChI is InChI=1S/C42H54N8O8/c1-23-24(2)28(30-22-44-36(46-30)32-6-4-16-50(32)38(52)34(48-40(55)56)26-10-18-58-42(20-26)13-14-42)8-7-27(23)29-21-43-35(45-29)31-5-3-15-49(31)37(51)33(47-39(53)54)25-9-17-57-41(19-25)11-12-41/h7-8,21-22,25-26,31-34,47-48H,3-6,9-20H2,1-2H3,(H,43,45)(H,44,46)(H,53,54)(H,55,56)/t25?,26?,31-,32?,33?,34?/m0/s1. The topological polar surface area (TPSA) is 215 Å². The first-order valence-corrected chi connectivity index (χ1v) is 21.0. The third kappa shape index (κ3) is 7.33. The second kappa shape index (κ2) is 15.0. The fourth-order valence-electron chi connectivity index (χ4n) is 10.4. The predicted octanol–water partition coefficient (Wildman–Crippen LogP) is 5.60. The molecule has 2 spiro atoms. The molecule has 1 aromatic carbocycles. The lowest BCUT2D eigenvalue weighted by molar-refractivity contribution is -0.138. The summed E-state index contributed by atoms with van der Waals surface area (Å²) in [6, 6.07) is 1.86. The molecule has 16 heteroatoms. The summed E-state index contributed by atoms with van der Waals surface area (Å²) in [5, 5.41) is 24.6. The smallest absolute Gasteiger partial charge is 0.405 e. The lowest BCUT2D eigenvalue weighted by Gasteiger charge is -2.36. The van der Waals surface area contributed by atoms with Crippen LogP contribution in [0.2, 0.25) is 0 Å². The first-order valence-electron chi connectivity index (χ1n) is 21.0. The number of H-pyrrole nitrogens is 2. The summed E-state index contributed by atoms with van der Waals surface area (Å²) < 4.78 is 11.9. The quantitative estimate of drug-likeness (QED) is 0.149. The van der Waals surface area contributed by atoms with Crippen LogP contribution in [0.15, 0.2) is 24.5 Å². The maximum Gasteiger partial charge on any atom is 0.405 e. The van der Waals surface area contributed by atoms with Crippen LogP contribution in [0.3, 0.4) is 0 Å². The van der Waals surface area contributed by atoms with E-state index in [2.05, 4.69) is 34.4 Å². The van der Waals surface area contributed by atoms with Crippen LogP contribution in [0.25, 0.3) is 22.5 Å². The number of amides is 4. The molecule has 0 bridgehead atoms. The van der Waals surface area contributed by atoms with Gasteiger partial charge in [-0.25, -0.2) is 19.6 Å². The number of likely N-dealkylation sites (tertiary alicyclic amines) is 2. The molecule has 2 aliphatic carbocycles. The Hall–Kier alpha value is -4.96. The number of carbonyl (C=O) groups excluding carboxylic acids is 2. The van der Waals surface area contributed by atoms with Crippen molar-refractivity contribution in [2.45, 2.75) is 126 Å². The third-order valence-electron chi connectivity index (χ3n) is 14.0. The fourth-order valence-corrected chi connectivity index (χ4v) is 10.4. The molecular weight excluding hydrogens is 745 g/mol. The van der Waals surface area contributed by atoms with Crippen molar-refractivity contribution in [3.05, 3.63) is 47.3 Å². The number of benzene rings is 1. The molecule has 310 valence electrons. The number of carbonyl (C=O) groups is 4. The van der Waals surface area contributed by atoms with E-state index in [-0.39, 0.29) is 46.9 Å². The van der Waals surface area contributed by atoms with E-state index in [1.807, 2.05) is 12.1 Å². The summed E-state index contributed by atoms with van der Waals surface area (Å²) in [6.07, 6.45) is 10.7. The van der Waals surface area contributed by atoms with Crippen LogP contribution in [-0.4, -0.2) is 114 Å². The second-order valence-corrected chi connectivity index (χ2v) is 17.6. The average molecular weight is 799 g/mol. The van der Waals surface area contributed by atoms with Gasteiger partial charge in [0.1, 0.15) is 23.7 Å². The van der Waals surface area contributed by atoms with Gasteiger partial charge in [-0.1, -0.05) is 12.1 Å². The minimum Gasteiger partial charge on any atom is -0.465 e. The van der Waals surface area contributed by atoms with Crippen LogP contribution >= 0.6 is 0 Å². The number of hydrogen-bond acceptors (Lipinski definition) is 8. The highest BCUT2D eigenvalue weighted by Gasteiger charge is 2.52. The molecule has 0 radical (unpaired) electrons. The summed E-state index contributed by atoms with van der Waals surface area (Å²) in [7, 11) is 0. The highest BCUT2D eigenvalue weighted by atomic mass is 16.5. The Labute approximate surface area is 336 Å². The molecule has 9 rings (SSSR count). The van der Waals surface area contributed by atoms with E-state index in [1.54, 1.807) is 22.2 Å². The molecule has 4 saturated heterocycles. The highest BCUT2D eigenvalue weighted by Crippen LogP contribution is 2.50. The number of carboxylic acid groups (broad SMARTS) is 2. The Kier molecular flexibility index (Phi) is 9.98. The molecule has 6 heterocycles. The Morgan fingerprint density at radius 2 is 1.12 bits per heavy atom. The summed E-state index contributed by atoms with van der Waals surface area (Å²) in [5.74, 6) is 0.726. The monoisotopic (exact) mass is 798 g/mol. The third-order valence-corrected chi connectivity index (χ3v) is 14.0. The Morgan fingerprint density at radius 1 is 0.707 bits per heavy atom. The molecule has 6 fully saturated rings. The number of aromatic amines is 2. The number of hydrogen-bond donors (Lipinski definition) is 6. The van der Waals surface area contributed by atoms with Crippen molar-refractivity contribution in [1.29, 1.82) is 0 Å². The van der Waals surface area contributed by atoms with Crippen LogP contribution in [0.1, 0.15) is 112 Å². The SMILES string of the molecule is Cc1c(-c2cnc(C3CCCN3C(=O)C(NC(=O)O)C3CCOC4(CC4)C3)[nH]2)ccc(-c2cnc([C@@H]3CCCN3C(=O)C(NC(=O)O)C3CCOC4(CC4)C3)[nH]2)c1C. The van der Waals surface area contributed by atoms with Gasteiger partial charge in [-0.15, -0.1) is 0 Å². The number of ether oxygens (including phenoxy) is 2. The van der Waals surface area contributed by atoms with Gasteiger partial charge in [0, 0.05) is 37.4 Å². The van der Waals surface area contributed by atoms with Crippen LogP contribution in [0, 0.1) is 25.7 Å². The molecule has 2 aromatic heterocycles. The maximum atomic E-state index is 14.1. The molecule has 3 aromatic rings. The number of aromatic nitrogens is 4. The van der Waals surface area contributed by atoms with Crippen molar-refractivity contribution in [3.63, 3.8) is 0 Å². The molecular formula is C42H54N8O8. The minimum atomic E-state index is -1.20. The van der Waals surface area contributed by atoms with Crippen molar-refractivity contribution < 1.29 is 38.9 Å². The summed E-state index contributed by atoms with van der Waals surface area (Å²) in [6.45, 7) is 6.27. The van der Waals surface area contributed by atoms with Gasteiger partial charge >= 0.3 is 12.2 Å². The van der Waals surface area contributed by atoms with Crippen LogP contribution < -0.4 is 10.6 Å². The largest absolute Gasteiger partial charge is 0.465 e. The van der Waals surface area contributed by atoms with E-state index in [4.69, 9.17) is 19.4 Å². The fraction of sp³-hybridized carbons (Fsp3) is 0.619. The van der Waals surface area contributed by atoms with Gasteiger partial charge in [-0.3, -0.25) is 9.59 Å². The number of nitrogens with zero attached hydrogens (tertiary/aromatic N) is 4. The number of imidazole rings is 2. The summed E-state index contributed by atoms with van der Waals surface area (Å²) in [5.41, 5.74) is 5.32. The first-order chi connectivity index (χ1) is 27.9. The first kappa shape index (κ1) is 38.6. The number of rotatable bonds is 10. The molecule has 4 amide bonds. The van der Waals surface area contributed by atoms with Crippen molar-refractivity contribution >= 4 is 24.0 Å². The normalized spacial score (nSPS) is 26.7. The van der Waals surface area contributed by atoms with E-state index < -0.39 is 24.3 Å². The van der Waals surface area contributed by atoms with Gasteiger partial charge in [0.15, 0.2) is 0 Å². The molecule has 6 N–H and O–H groups in total. The lowest BCUT2D eigenvalue weighted by atomic mass is 9.86. The zero-order valence-electron chi connectivity index (χ0n) is 33.2. The Morgan fingerprint density at radius 3 is 1.50 bits per heavy atom. The van der Waals surface area contributed by atoms with Crippen molar-refractivity contribution in [3.8, 4) is 22.5 Å². The van der Waals surface area contributed by atoms with Gasteiger partial charge in [0.2, 0.25) is 11.8 Å². The molecule has 2 saturated carbocycles. The van der Waals surface area contributed by atoms with E-state index >= 15 is 0 Å². The van der Waals surface area contributed by atoms with Gasteiger partial charge in [-0.05, 0) is 114 Å². The molecule has 6 aliphatic rings. The van der Waals surface area contributed by atoms with Crippen molar-refractivity contribution in [2.24, 2.45) is 11.8 Å². The summed E-state index contributed by atoms with van der Waals surface area (Å²) in [4.78, 5) is 72.1. The Bertz CT molecular complexity index is 1940. The van der Waals surface area contributed by atoms with Gasteiger partial charge in [-0.2, -0.15) is 0 Å². The lowest BCUT2D eigenvalue weighted by Crippen LogP contribution is -2.53. The van der Waals surface area contributed by atoms with E-state index in [0.29, 0.717) is 63.6 Å². The second-order valence-electron chi connectivity index (χ2n) is 17.6. The maximum absolute atomic E-state index is 14.1.